The minimum Gasteiger partial charge on any atom is -0.446 e. The van der Waals surface area contributed by atoms with Crippen molar-refractivity contribution < 1.29 is 9.21 Å². The van der Waals surface area contributed by atoms with Gasteiger partial charge >= 0.3 is 0 Å². The lowest BCUT2D eigenvalue weighted by atomic mass is 9.61. The van der Waals surface area contributed by atoms with E-state index in [0.717, 1.165) is 37.0 Å². The van der Waals surface area contributed by atoms with Gasteiger partial charge in [0.25, 0.3) is 5.91 Å². The molecule has 3 bridgehead atoms. The summed E-state index contributed by atoms with van der Waals surface area (Å²) in [4.78, 5) is 17.1. The number of nitrogens with two attached hydrogens (primary N) is 1. The molecule has 0 aliphatic heterocycles. The van der Waals surface area contributed by atoms with Crippen molar-refractivity contribution >= 4 is 5.91 Å². The first kappa shape index (κ1) is 18.0. The Balaban J connectivity index is 1.41. The normalized spacial score (nSPS) is 34.7. The van der Waals surface area contributed by atoms with Crippen LogP contribution < -0.4 is 11.1 Å². The maximum absolute atomic E-state index is 12.8. The molecule has 6 atom stereocenters. The topological polar surface area (TPSA) is 81.1 Å². The molecule has 0 saturated heterocycles. The maximum atomic E-state index is 12.8. The number of nitrogens with one attached hydrogen (secondary N) is 1. The summed E-state index contributed by atoms with van der Waals surface area (Å²) in [5.74, 6) is 2.99. The second-order valence-corrected chi connectivity index (χ2v) is 9.13. The summed E-state index contributed by atoms with van der Waals surface area (Å²) in [6.07, 6.45) is 12.5. The van der Waals surface area contributed by atoms with E-state index in [1.807, 2.05) is 0 Å². The molecule has 1 aromatic rings. The minimum absolute atomic E-state index is 0.117. The van der Waals surface area contributed by atoms with E-state index in [4.69, 9.17) is 10.2 Å². The Labute approximate surface area is 156 Å². The lowest BCUT2D eigenvalue weighted by molar-refractivity contribution is 0.0519. The summed E-state index contributed by atoms with van der Waals surface area (Å²) in [5.41, 5.74) is 6.78. The van der Waals surface area contributed by atoms with Crippen molar-refractivity contribution in [2.24, 2.45) is 28.9 Å². The van der Waals surface area contributed by atoms with Gasteiger partial charge in [0.1, 0.15) is 6.26 Å². The number of carbonyl (C=O) groups excluding carboxylic acids is 1. The van der Waals surface area contributed by atoms with Crippen LogP contribution >= 0.6 is 0 Å². The highest BCUT2D eigenvalue weighted by atomic mass is 16.3. The zero-order chi connectivity index (χ0) is 18.3. The number of unbranched alkanes of at least 4 members (excludes halogenated alkanes) is 1. The molecule has 3 N–H and O–H groups in total. The van der Waals surface area contributed by atoms with Crippen molar-refractivity contribution in [1.82, 2.24) is 10.3 Å². The number of amides is 1. The molecule has 0 aromatic carbocycles. The molecule has 1 amide bonds. The van der Waals surface area contributed by atoms with Gasteiger partial charge < -0.3 is 15.5 Å². The summed E-state index contributed by atoms with van der Waals surface area (Å²) in [5, 5.41) is 3.26. The number of hydrogen-bond donors (Lipinski definition) is 2. The van der Waals surface area contributed by atoms with Gasteiger partial charge in [-0.05, 0) is 75.0 Å². The zero-order valence-corrected chi connectivity index (χ0v) is 16.2. The predicted molar refractivity (Wildman–Crippen MR) is 100 cm³/mol. The largest absolute Gasteiger partial charge is 0.446 e. The van der Waals surface area contributed by atoms with Crippen LogP contribution in [-0.4, -0.2) is 16.9 Å². The van der Waals surface area contributed by atoms with E-state index in [2.05, 4.69) is 24.1 Å². The van der Waals surface area contributed by atoms with Gasteiger partial charge in [-0.3, -0.25) is 4.79 Å². The van der Waals surface area contributed by atoms with Gasteiger partial charge in [0.2, 0.25) is 5.89 Å². The van der Waals surface area contributed by atoms with Crippen molar-refractivity contribution in [2.75, 3.05) is 0 Å². The molecule has 3 saturated carbocycles. The molecule has 0 spiro atoms. The first-order chi connectivity index (χ1) is 12.5. The first-order valence-electron chi connectivity index (χ1n) is 10.5. The van der Waals surface area contributed by atoms with E-state index in [0.29, 0.717) is 17.0 Å². The van der Waals surface area contributed by atoms with E-state index in [1.165, 1.54) is 44.8 Å². The average Bonchev–Trinajstić information content (AvgIpc) is 3.18. The van der Waals surface area contributed by atoms with Gasteiger partial charge in [0.15, 0.2) is 5.69 Å². The van der Waals surface area contributed by atoms with Crippen LogP contribution in [0, 0.1) is 23.2 Å². The van der Waals surface area contributed by atoms with Crippen LogP contribution in [0.2, 0.25) is 0 Å². The highest BCUT2D eigenvalue weighted by molar-refractivity contribution is 5.92. The SMILES string of the molecule is CCCCC(N)c1nc(C(=O)NC(C)C23CCC4CC(CC2C4)C3)co1. The molecule has 144 valence electrons. The number of aromatic nitrogens is 1. The summed E-state index contributed by atoms with van der Waals surface area (Å²) in [7, 11) is 0. The third-order valence-electron chi connectivity index (χ3n) is 7.55. The summed E-state index contributed by atoms with van der Waals surface area (Å²) in [6, 6.07) is -0.0326. The van der Waals surface area contributed by atoms with Crippen molar-refractivity contribution in [3.63, 3.8) is 0 Å². The molecule has 1 heterocycles. The second-order valence-electron chi connectivity index (χ2n) is 9.13. The lowest BCUT2D eigenvalue weighted by Crippen LogP contribution is -2.49. The lowest BCUT2D eigenvalue weighted by Gasteiger charge is -2.46. The van der Waals surface area contributed by atoms with Gasteiger partial charge in [-0.25, -0.2) is 4.98 Å². The van der Waals surface area contributed by atoms with Crippen LogP contribution in [0.5, 0.6) is 0 Å². The first-order valence-corrected chi connectivity index (χ1v) is 10.5. The molecule has 26 heavy (non-hydrogen) atoms. The minimum atomic E-state index is -0.225. The Morgan fingerprint density at radius 1 is 1.42 bits per heavy atom. The molecule has 4 rings (SSSR count). The van der Waals surface area contributed by atoms with Crippen LogP contribution in [0.25, 0.3) is 0 Å². The number of hydrogen-bond acceptors (Lipinski definition) is 4. The average molecular weight is 360 g/mol. The summed E-state index contributed by atoms with van der Waals surface area (Å²) >= 11 is 0. The summed E-state index contributed by atoms with van der Waals surface area (Å²) in [6.45, 7) is 4.33. The molecule has 3 aliphatic rings. The highest BCUT2D eigenvalue weighted by Gasteiger charge is 2.56. The Kier molecular flexibility index (Phi) is 4.84. The van der Waals surface area contributed by atoms with Gasteiger partial charge in [-0.2, -0.15) is 0 Å². The Morgan fingerprint density at radius 2 is 2.23 bits per heavy atom. The molecule has 5 nitrogen and oxygen atoms in total. The molecule has 6 unspecified atom stereocenters. The fourth-order valence-corrected chi connectivity index (χ4v) is 6.19. The van der Waals surface area contributed by atoms with Gasteiger partial charge in [0.05, 0.1) is 6.04 Å². The van der Waals surface area contributed by atoms with E-state index in [-0.39, 0.29) is 18.0 Å². The maximum Gasteiger partial charge on any atom is 0.273 e. The fraction of sp³-hybridized carbons (Fsp3) is 0.810. The van der Waals surface area contributed by atoms with Gasteiger partial charge in [0, 0.05) is 6.04 Å². The molecule has 3 aliphatic carbocycles. The number of rotatable bonds is 7. The monoisotopic (exact) mass is 359 g/mol. The quantitative estimate of drug-likeness (QED) is 0.764. The van der Waals surface area contributed by atoms with E-state index in [9.17, 15) is 4.79 Å². The van der Waals surface area contributed by atoms with Crippen molar-refractivity contribution in [1.29, 1.82) is 0 Å². The predicted octanol–water partition coefficient (Wildman–Crippen LogP) is 4.20. The van der Waals surface area contributed by atoms with Crippen LogP contribution in [0.15, 0.2) is 10.7 Å². The number of oxazole rings is 1. The number of carbonyl (C=O) groups is 1. The third-order valence-corrected chi connectivity index (χ3v) is 7.55. The van der Waals surface area contributed by atoms with Crippen molar-refractivity contribution in [2.45, 2.75) is 83.7 Å². The smallest absolute Gasteiger partial charge is 0.273 e. The number of nitrogens with zero attached hydrogens (tertiary/aromatic N) is 1. The third kappa shape index (κ3) is 3.08. The van der Waals surface area contributed by atoms with Gasteiger partial charge in [-0.15, -0.1) is 0 Å². The molecule has 5 heteroatoms. The van der Waals surface area contributed by atoms with E-state index >= 15 is 0 Å². The molecule has 3 fully saturated rings. The van der Waals surface area contributed by atoms with Crippen LogP contribution in [0.4, 0.5) is 0 Å². The second kappa shape index (κ2) is 6.99. The van der Waals surface area contributed by atoms with E-state index < -0.39 is 0 Å². The molecular weight excluding hydrogens is 326 g/mol. The zero-order valence-electron chi connectivity index (χ0n) is 16.2. The molecule has 1 aromatic heterocycles. The number of fused-ring (bicyclic) bond motifs is 2. The fourth-order valence-electron chi connectivity index (χ4n) is 6.19. The summed E-state index contributed by atoms with van der Waals surface area (Å²) < 4.78 is 5.48. The Hall–Kier alpha value is -1.36. The van der Waals surface area contributed by atoms with Crippen LogP contribution in [-0.2, 0) is 0 Å². The van der Waals surface area contributed by atoms with Gasteiger partial charge in [-0.1, -0.05) is 19.8 Å². The van der Waals surface area contributed by atoms with Crippen molar-refractivity contribution in [3.8, 4) is 0 Å². The molecular formula is C21H33N3O2. The Bertz CT molecular complexity index is 657. The Morgan fingerprint density at radius 3 is 3.04 bits per heavy atom. The molecule has 0 radical (unpaired) electrons. The van der Waals surface area contributed by atoms with E-state index in [1.54, 1.807) is 0 Å². The van der Waals surface area contributed by atoms with Crippen LogP contribution in [0.3, 0.4) is 0 Å². The standard InChI is InChI=1S/C21H33N3O2/c1-3-4-5-17(22)20-24-18(12-26-20)19(25)23-13(2)21-7-6-14-8-15(11-21)10-16(21)9-14/h12-17H,3-11,22H2,1-2H3,(H,23,25). The van der Waals surface area contributed by atoms with Crippen molar-refractivity contribution in [3.05, 3.63) is 17.8 Å². The highest BCUT2D eigenvalue weighted by Crippen LogP contribution is 2.63. The van der Waals surface area contributed by atoms with Crippen LogP contribution in [0.1, 0.15) is 94.1 Å².